The lowest BCUT2D eigenvalue weighted by atomic mass is 10.1. The van der Waals surface area contributed by atoms with Crippen molar-refractivity contribution < 1.29 is 18.0 Å². The minimum absolute atomic E-state index is 0.0479. The van der Waals surface area contributed by atoms with Gasteiger partial charge in [0.1, 0.15) is 6.54 Å². The summed E-state index contributed by atoms with van der Waals surface area (Å²) in [7, 11) is -4.09. The number of halogens is 1. The van der Waals surface area contributed by atoms with E-state index in [0.717, 1.165) is 15.4 Å². The van der Waals surface area contributed by atoms with Crippen molar-refractivity contribution in [2.24, 2.45) is 5.10 Å². The summed E-state index contributed by atoms with van der Waals surface area (Å²) in [6, 6.07) is 27.1. The molecular formula is C31H29ClN4O4S. The SMILES string of the molecule is C/C(=N/NC(=O)CN(c1ccc(C)c(Cl)c1)S(=O)(=O)c1ccc(C)cc1)c1ccc(NC(=O)c2ccccc2)cc1. The Hall–Kier alpha value is -4.47. The summed E-state index contributed by atoms with van der Waals surface area (Å²) in [4.78, 5) is 25.4. The van der Waals surface area contributed by atoms with Gasteiger partial charge in [-0.05, 0) is 80.4 Å². The van der Waals surface area contributed by atoms with Gasteiger partial charge in [-0.15, -0.1) is 0 Å². The maximum absolute atomic E-state index is 13.6. The summed E-state index contributed by atoms with van der Waals surface area (Å²) < 4.78 is 28.2. The fourth-order valence-electron chi connectivity index (χ4n) is 3.85. The van der Waals surface area contributed by atoms with Crippen LogP contribution in [0.2, 0.25) is 5.02 Å². The Labute approximate surface area is 244 Å². The Morgan fingerprint density at radius 3 is 2.15 bits per heavy atom. The number of hydrazone groups is 1. The summed E-state index contributed by atoms with van der Waals surface area (Å²) in [5.74, 6) is -0.862. The molecule has 0 atom stereocenters. The van der Waals surface area contributed by atoms with Gasteiger partial charge in [-0.2, -0.15) is 5.10 Å². The van der Waals surface area contributed by atoms with Crippen molar-refractivity contribution in [3.05, 3.63) is 124 Å². The first-order valence-corrected chi connectivity index (χ1v) is 14.5. The van der Waals surface area contributed by atoms with Gasteiger partial charge in [0.25, 0.3) is 21.8 Å². The second kappa shape index (κ2) is 12.8. The van der Waals surface area contributed by atoms with Crippen molar-refractivity contribution in [1.29, 1.82) is 0 Å². The Kier molecular flexibility index (Phi) is 9.21. The number of sulfonamides is 1. The maximum Gasteiger partial charge on any atom is 0.264 e. The van der Waals surface area contributed by atoms with Crippen LogP contribution in [0.3, 0.4) is 0 Å². The van der Waals surface area contributed by atoms with Gasteiger partial charge in [-0.3, -0.25) is 13.9 Å². The van der Waals surface area contributed by atoms with Crippen LogP contribution in [0.4, 0.5) is 11.4 Å². The second-order valence-electron chi connectivity index (χ2n) is 9.39. The molecule has 0 heterocycles. The zero-order valence-corrected chi connectivity index (χ0v) is 24.3. The van der Waals surface area contributed by atoms with Gasteiger partial charge in [0.15, 0.2) is 0 Å². The van der Waals surface area contributed by atoms with Crippen LogP contribution in [-0.4, -0.2) is 32.5 Å². The molecule has 0 saturated heterocycles. The summed E-state index contributed by atoms with van der Waals surface area (Å²) in [6.45, 7) is 4.85. The zero-order valence-electron chi connectivity index (χ0n) is 22.8. The molecule has 0 saturated carbocycles. The van der Waals surface area contributed by atoms with Crippen molar-refractivity contribution >= 4 is 50.5 Å². The molecule has 41 heavy (non-hydrogen) atoms. The number of hydrogen-bond acceptors (Lipinski definition) is 5. The molecule has 4 aromatic rings. The molecule has 0 spiro atoms. The molecule has 0 aliphatic rings. The molecule has 10 heteroatoms. The lowest BCUT2D eigenvalue weighted by Crippen LogP contribution is -2.39. The number of anilines is 2. The van der Waals surface area contributed by atoms with E-state index in [2.05, 4.69) is 15.8 Å². The highest BCUT2D eigenvalue weighted by atomic mass is 35.5. The number of carbonyl (C=O) groups is 2. The third-order valence-corrected chi connectivity index (χ3v) is 8.48. The van der Waals surface area contributed by atoms with Crippen LogP contribution in [0.25, 0.3) is 0 Å². The third-order valence-electron chi connectivity index (χ3n) is 6.28. The normalized spacial score (nSPS) is 11.6. The van der Waals surface area contributed by atoms with Crippen LogP contribution in [0, 0.1) is 13.8 Å². The lowest BCUT2D eigenvalue weighted by Gasteiger charge is -2.24. The second-order valence-corrected chi connectivity index (χ2v) is 11.7. The molecule has 210 valence electrons. The standard InChI is InChI=1S/C31H29ClN4O4S/c1-21-9-17-28(18-10-21)41(39,40)36(27-16-11-22(2)29(32)19-27)20-30(37)35-34-23(3)24-12-14-26(15-13-24)33-31(38)25-7-5-4-6-8-25/h4-19H,20H2,1-3H3,(H,33,38)(H,35,37)/b34-23-. The van der Waals surface area contributed by atoms with Crippen LogP contribution < -0.4 is 15.0 Å². The predicted molar refractivity (Wildman–Crippen MR) is 163 cm³/mol. The number of rotatable bonds is 9. The molecule has 0 unspecified atom stereocenters. The van der Waals surface area contributed by atoms with Crippen LogP contribution in [0.15, 0.2) is 107 Å². The number of nitrogens with one attached hydrogen (secondary N) is 2. The molecule has 4 aromatic carbocycles. The summed E-state index contributed by atoms with van der Waals surface area (Å²) in [5.41, 5.74) is 6.73. The van der Waals surface area contributed by atoms with Gasteiger partial charge >= 0.3 is 0 Å². The lowest BCUT2D eigenvalue weighted by molar-refractivity contribution is -0.119. The van der Waals surface area contributed by atoms with Gasteiger partial charge in [0, 0.05) is 16.3 Å². The zero-order chi connectivity index (χ0) is 29.6. The third kappa shape index (κ3) is 7.39. The molecular weight excluding hydrogens is 560 g/mol. The average molecular weight is 589 g/mol. The van der Waals surface area contributed by atoms with E-state index in [1.165, 1.54) is 18.2 Å². The molecule has 8 nitrogen and oxygen atoms in total. The van der Waals surface area contributed by atoms with Crippen molar-refractivity contribution in [2.75, 3.05) is 16.2 Å². The summed E-state index contributed by atoms with van der Waals surface area (Å²) >= 11 is 6.28. The first-order chi connectivity index (χ1) is 19.5. The van der Waals surface area contributed by atoms with E-state index in [1.54, 1.807) is 86.6 Å². The highest BCUT2D eigenvalue weighted by molar-refractivity contribution is 7.92. The molecule has 2 N–H and O–H groups in total. The van der Waals surface area contributed by atoms with Crippen LogP contribution >= 0.6 is 11.6 Å². The molecule has 0 aliphatic carbocycles. The minimum atomic E-state index is -4.09. The van der Waals surface area contributed by atoms with Gasteiger partial charge in [-0.1, -0.05) is 65.7 Å². The molecule has 2 amide bonds. The first-order valence-electron chi connectivity index (χ1n) is 12.7. The molecule has 0 aliphatic heterocycles. The highest BCUT2D eigenvalue weighted by Crippen LogP contribution is 2.28. The van der Waals surface area contributed by atoms with E-state index in [1.807, 2.05) is 13.0 Å². The molecule has 4 rings (SSSR count). The number of hydrogen-bond donors (Lipinski definition) is 2. The number of amides is 2. The van der Waals surface area contributed by atoms with Crippen molar-refractivity contribution in [3.8, 4) is 0 Å². The molecule has 0 radical (unpaired) electrons. The first kappa shape index (κ1) is 29.5. The quantitative estimate of drug-likeness (QED) is 0.186. The van der Waals surface area contributed by atoms with E-state index in [9.17, 15) is 18.0 Å². The van der Waals surface area contributed by atoms with Crippen LogP contribution in [0.5, 0.6) is 0 Å². The van der Waals surface area contributed by atoms with Gasteiger partial charge in [0.2, 0.25) is 0 Å². The fourth-order valence-corrected chi connectivity index (χ4v) is 5.44. The Morgan fingerprint density at radius 2 is 1.51 bits per heavy atom. The van der Waals surface area contributed by atoms with E-state index >= 15 is 0 Å². The van der Waals surface area contributed by atoms with Gasteiger partial charge < -0.3 is 5.32 Å². The Balaban J connectivity index is 1.48. The van der Waals surface area contributed by atoms with Gasteiger partial charge in [0.05, 0.1) is 16.3 Å². The van der Waals surface area contributed by atoms with E-state index < -0.39 is 22.5 Å². The monoisotopic (exact) mass is 588 g/mol. The summed E-state index contributed by atoms with van der Waals surface area (Å²) in [6.07, 6.45) is 0. The maximum atomic E-state index is 13.6. The Morgan fingerprint density at radius 1 is 0.854 bits per heavy atom. The smallest absolute Gasteiger partial charge is 0.264 e. The largest absolute Gasteiger partial charge is 0.322 e. The van der Waals surface area contributed by atoms with Crippen LogP contribution in [0.1, 0.15) is 34.0 Å². The van der Waals surface area contributed by atoms with Gasteiger partial charge in [-0.25, -0.2) is 13.8 Å². The number of carbonyl (C=O) groups excluding carboxylic acids is 2. The summed E-state index contributed by atoms with van der Waals surface area (Å²) in [5, 5.41) is 7.37. The minimum Gasteiger partial charge on any atom is -0.322 e. The molecule has 0 fully saturated rings. The van der Waals surface area contributed by atoms with Crippen LogP contribution in [-0.2, 0) is 14.8 Å². The van der Waals surface area contributed by atoms with Crippen molar-refractivity contribution in [2.45, 2.75) is 25.7 Å². The fraction of sp³-hybridized carbons (Fsp3) is 0.129. The molecule has 0 bridgehead atoms. The van der Waals surface area contributed by atoms with E-state index in [0.29, 0.717) is 27.5 Å². The van der Waals surface area contributed by atoms with E-state index in [-0.39, 0.29) is 16.5 Å². The highest BCUT2D eigenvalue weighted by Gasteiger charge is 2.27. The number of benzene rings is 4. The van der Waals surface area contributed by atoms with E-state index in [4.69, 9.17) is 11.6 Å². The molecule has 0 aromatic heterocycles. The Bertz CT molecular complexity index is 1690. The topological polar surface area (TPSA) is 108 Å². The number of aryl methyl sites for hydroxylation is 2. The van der Waals surface area contributed by atoms with Crippen molar-refractivity contribution in [3.63, 3.8) is 0 Å². The average Bonchev–Trinajstić information content (AvgIpc) is 2.97. The predicted octanol–water partition coefficient (Wildman–Crippen LogP) is 5.94. The number of nitrogens with zero attached hydrogens (tertiary/aromatic N) is 2. The van der Waals surface area contributed by atoms with Crippen molar-refractivity contribution in [1.82, 2.24) is 5.43 Å².